The van der Waals surface area contributed by atoms with Crippen LogP contribution in [0.3, 0.4) is 0 Å². The molecule has 0 aliphatic carbocycles. The molecule has 1 aromatic carbocycles. The number of nitrogens with one attached hydrogen (secondary N) is 1. The van der Waals surface area contributed by atoms with Gasteiger partial charge in [-0.1, -0.05) is 12.1 Å². The van der Waals surface area contributed by atoms with Gasteiger partial charge in [-0.2, -0.15) is 0 Å². The predicted octanol–water partition coefficient (Wildman–Crippen LogP) is 2.16. The van der Waals surface area contributed by atoms with Crippen LogP contribution < -0.4 is 5.32 Å². The predicted molar refractivity (Wildman–Crippen MR) is 79.8 cm³/mol. The summed E-state index contributed by atoms with van der Waals surface area (Å²) in [6, 6.07) is 5.29. The van der Waals surface area contributed by atoms with Crippen LogP contribution in [0.4, 0.5) is 10.1 Å². The van der Waals surface area contributed by atoms with E-state index < -0.39 is 0 Å². The van der Waals surface area contributed by atoms with E-state index in [1.807, 2.05) is 6.07 Å². The minimum Gasteiger partial charge on any atom is -0.381 e. The van der Waals surface area contributed by atoms with Gasteiger partial charge in [0.25, 0.3) is 0 Å². The number of nitrogens with zero attached hydrogens (tertiary/aromatic N) is 4. The van der Waals surface area contributed by atoms with Gasteiger partial charge in [-0.15, -0.1) is 5.10 Å². The molecule has 2 heterocycles. The highest BCUT2D eigenvalue weighted by molar-refractivity contribution is 5.47. The number of rotatable bonds is 5. The summed E-state index contributed by atoms with van der Waals surface area (Å²) in [7, 11) is 0. The lowest BCUT2D eigenvalue weighted by atomic mass is 10.0. The van der Waals surface area contributed by atoms with Crippen molar-refractivity contribution in [2.45, 2.75) is 32.9 Å². The average Bonchev–Trinajstić information content (AvgIpc) is 2.97. The largest absolute Gasteiger partial charge is 0.381 e. The summed E-state index contributed by atoms with van der Waals surface area (Å²) in [5.41, 5.74) is 1.09. The molecule has 7 heteroatoms. The fraction of sp³-hybridized carbons (Fsp3) is 0.533. The summed E-state index contributed by atoms with van der Waals surface area (Å²) >= 11 is 0. The van der Waals surface area contributed by atoms with Gasteiger partial charge in [-0.25, -0.2) is 9.07 Å². The van der Waals surface area contributed by atoms with Gasteiger partial charge in [0, 0.05) is 19.8 Å². The first kappa shape index (κ1) is 14.9. The van der Waals surface area contributed by atoms with Crippen molar-refractivity contribution in [3.05, 3.63) is 35.4 Å². The van der Waals surface area contributed by atoms with Crippen molar-refractivity contribution in [1.29, 1.82) is 0 Å². The molecule has 0 saturated carbocycles. The Balaban J connectivity index is 1.63. The Morgan fingerprint density at radius 1 is 1.36 bits per heavy atom. The quantitative estimate of drug-likeness (QED) is 0.917. The van der Waals surface area contributed by atoms with Gasteiger partial charge in [0.1, 0.15) is 5.82 Å². The Morgan fingerprint density at radius 3 is 3.00 bits per heavy atom. The number of ether oxygens (including phenoxy) is 1. The van der Waals surface area contributed by atoms with Crippen LogP contribution in [-0.4, -0.2) is 33.4 Å². The highest BCUT2D eigenvalue weighted by atomic mass is 19.1. The third kappa shape index (κ3) is 3.41. The van der Waals surface area contributed by atoms with Gasteiger partial charge < -0.3 is 10.1 Å². The third-order valence-corrected chi connectivity index (χ3v) is 4.01. The average molecular weight is 305 g/mol. The lowest BCUT2D eigenvalue weighted by Crippen LogP contribution is -2.22. The third-order valence-electron chi connectivity index (χ3n) is 4.01. The zero-order valence-corrected chi connectivity index (χ0v) is 12.6. The second kappa shape index (κ2) is 6.83. The minimum absolute atomic E-state index is 0.231. The van der Waals surface area contributed by atoms with Crippen LogP contribution in [0.1, 0.15) is 24.2 Å². The van der Waals surface area contributed by atoms with E-state index in [9.17, 15) is 4.39 Å². The second-order valence-electron chi connectivity index (χ2n) is 5.62. The van der Waals surface area contributed by atoms with E-state index >= 15 is 0 Å². The van der Waals surface area contributed by atoms with Crippen molar-refractivity contribution in [3.63, 3.8) is 0 Å². The molecule has 0 unspecified atom stereocenters. The molecule has 0 bridgehead atoms. The molecule has 1 N–H and O–H groups in total. The number of hydrogen-bond donors (Lipinski definition) is 1. The summed E-state index contributed by atoms with van der Waals surface area (Å²) in [6.45, 7) is 4.53. The number of benzene rings is 1. The highest BCUT2D eigenvalue weighted by Crippen LogP contribution is 2.19. The van der Waals surface area contributed by atoms with Crippen LogP contribution in [0.15, 0.2) is 18.2 Å². The Bertz CT molecular complexity index is 624. The fourth-order valence-electron chi connectivity index (χ4n) is 2.62. The van der Waals surface area contributed by atoms with Crippen molar-refractivity contribution < 1.29 is 9.13 Å². The van der Waals surface area contributed by atoms with Gasteiger partial charge in [-0.3, -0.25) is 0 Å². The van der Waals surface area contributed by atoms with Crippen molar-refractivity contribution in [1.82, 2.24) is 20.2 Å². The molecule has 118 valence electrons. The van der Waals surface area contributed by atoms with Crippen LogP contribution in [-0.2, 0) is 17.8 Å². The molecule has 1 aliphatic rings. The summed E-state index contributed by atoms with van der Waals surface area (Å²) < 4.78 is 21.1. The van der Waals surface area contributed by atoms with Gasteiger partial charge in [0.15, 0.2) is 5.82 Å². The molecule has 0 amide bonds. The smallest absolute Gasteiger partial charge is 0.170 e. The van der Waals surface area contributed by atoms with Gasteiger partial charge in [0.2, 0.25) is 0 Å². The van der Waals surface area contributed by atoms with Gasteiger partial charge in [-0.05, 0) is 47.7 Å². The van der Waals surface area contributed by atoms with Gasteiger partial charge in [0.05, 0.1) is 12.2 Å². The van der Waals surface area contributed by atoms with Crippen LogP contribution >= 0.6 is 0 Å². The molecule has 1 saturated heterocycles. The lowest BCUT2D eigenvalue weighted by molar-refractivity contribution is 0.0597. The first-order valence-corrected chi connectivity index (χ1v) is 7.56. The van der Waals surface area contributed by atoms with E-state index in [1.165, 1.54) is 0 Å². The molecule has 1 fully saturated rings. The minimum atomic E-state index is -0.231. The molecule has 0 atom stereocenters. The molecule has 22 heavy (non-hydrogen) atoms. The van der Waals surface area contributed by atoms with Gasteiger partial charge >= 0.3 is 0 Å². The summed E-state index contributed by atoms with van der Waals surface area (Å²) in [4.78, 5) is 0. The zero-order chi connectivity index (χ0) is 15.4. The molecule has 2 aromatic rings. The highest BCUT2D eigenvalue weighted by Gasteiger charge is 2.17. The van der Waals surface area contributed by atoms with E-state index in [4.69, 9.17) is 4.74 Å². The molecular weight excluding hydrogens is 285 g/mol. The van der Waals surface area contributed by atoms with Crippen LogP contribution in [0.2, 0.25) is 0 Å². The maximum atomic E-state index is 14.0. The van der Waals surface area contributed by atoms with Crippen LogP contribution in [0, 0.1) is 18.7 Å². The second-order valence-corrected chi connectivity index (χ2v) is 5.62. The number of anilines is 1. The molecule has 0 radical (unpaired) electrons. The Hall–Kier alpha value is -2.02. The standard InChI is InChI=1S/C15H20FN5O/c1-11-3-2-4-13(15(11)16)17-9-14-18-19-20-21(14)10-12-5-7-22-8-6-12/h2-4,12,17H,5-10H2,1H3. The van der Waals surface area contributed by atoms with E-state index in [0.717, 1.165) is 32.6 Å². The molecular formula is C15H20FN5O. The van der Waals surface area contributed by atoms with E-state index in [1.54, 1.807) is 23.7 Å². The Morgan fingerprint density at radius 2 is 2.18 bits per heavy atom. The first-order valence-electron chi connectivity index (χ1n) is 7.56. The van der Waals surface area contributed by atoms with E-state index in [0.29, 0.717) is 29.5 Å². The SMILES string of the molecule is Cc1cccc(NCc2nnnn2CC2CCOCC2)c1F. The number of hydrogen-bond acceptors (Lipinski definition) is 5. The Kier molecular flexibility index (Phi) is 4.62. The number of tetrazole rings is 1. The maximum absolute atomic E-state index is 14.0. The molecule has 1 aliphatic heterocycles. The number of aryl methyl sites for hydroxylation is 1. The van der Waals surface area contributed by atoms with Crippen LogP contribution in [0.5, 0.6) is 0 Å². The molecule has 0 spiro atoms. The summed E-state index contributed by atoms with van der Waals surface area (Å²) in [6.07, 6.45) is 2.05. The van der Waals surface area contributed by atoms with E-state index in [2.05, 4.69) is 20.8 Å². The number of aromatic nitrogens is 4. The molecule has 3 rings (SSSR count). The lowest BCUT2D eigenvalue weighted by Gasteiger charge is -2.22. The van der Waals surface area contributed by atoms with Crippen molar-refractivity contribution in [2.75, 3.05) is 18.5 Å². The monoisotopic (exact) mass is 305 g/mol. The Labute approximate surface area is 128 Å². The first-order chi connectivity index (χ1) is 10.7. The molecule has 6 nitrogen and oxygen atoms in total. The molecule has 1 aromatic heterocycles. The van der Waals surface area contributed by atoms with Crippen molar-refractivity contribution >= 4 is 5.69 Å². The zero-order valence-electron chi connectivity index (χ0n) is 12.6. The van der Waals surface area contributed by atoms with E-state index in [-0.39, 0.29) is 5.82 Å². The maximum Gasteiger partial charge on any atom is 0.170 e. The summed E-state index contributed by atoms with van der Waals surface area (Å²) in [5.74, 6) is 1.02. The summed E-state index contributed by atoms with van der Waals surface area (Å²) in [5, 5.41) is 14.9. The van der Waals surface area contributed by atoms with Crippen molar-refractivity contribution in [3.8, 4) is 0 Å². The normalized spacial score (nSPS) is 15.9. The fourth-order valence-corrected chi connectivity index (χ4v) is 2.62. The van der Waals surface area contributed by atoms with Crippen LogP contribution in [0.25, 0.3) is 0 Å². The van der Waals surface area contributed by atoms with Crippen molar-refractivity contribution in [2.24, 2.45) is 5.92 Å². The topological polar surface area (TPSA) is 64.9 Å². The number of halogens is 1.